The van der Waals surface area contributed by atoms with Crippen LogP contribution in [0, 0.1) is 17.2 Å². The van der Waals surface area contributed by atoms with Crippen molar-refractivity contribution >= 4 is 5.91 Å². The second-order valence-corrected chi connectivity index (χ2v) is 6.19. The highest BCUT2D eigenvalue weighted by Crippen LogP contribution is 2.36. The van der Waals surface area contributed by atoms with Gasteiger partial charge < -0.3 is 4.90 Å². The van der Waals surface area contributed by atoms with Gasteiger partial charge >= 0.3 is 0 Å². The van der Waals surface area contributed by atoms with Gasteiger partial charge in [-0.3, -0.25) is 4.79 Å². The minimum Gasteiger partial charge on any atom is -0.331 e. The maximum atomic E-state index is 13.0. The Labute approximate surface area is 137 Å². The lowest BCUT2D eigenvalue weighted by molar-refractivity contribution is 0.0654. The molecule has 3 rings (SSSR count). The van der Waals surface area contributed by atoms with Crippen LogP contribution in [0.25, 0.3) is 0 Å². The molecule has 0 spiro atoms. The molecule has 2 aromatic rings. The average Bonchev–Trinajstić information content (AvgIpc) is 3.44. The summed E-state index contributed by atoms with van der Waals surface area (Å²) in [6, 6.07) is 19.3. The molecule has 0 saturated heterocycles. The first-order valence-corrected chi connectivity index (χ1v) is 8.04. The molecule has 1 unspecified atom stereocenters. The molecule has 0 radical (unpaired) electrons. The fraction of sp³-hybridized carbons (Fsp3) is 0.300. The number of benzene rings is 2. The lowest BCUT2D eigenvalue weighted by atomic mass is 10.1. The predicted molar refractivity (Wildman–Crippen MR) is 89.7 cm³/mol. The molecule has 0 aliphatic heterocycles. The van der Waals surface area contributed by atoms with E-state index in [-0.39, 0.29) is 11.9 Å². The SMILES string of the molecule is CC(C1CC1)N(Cc1ccccc1)C(=O)c1ccc(C#N)cc1. The van der Waals surface area contributed by atoms with Crippen molar-refractivity contribution in [3.8, 4) is 6.07 Å². The largest absolute Gasteiger partial charge is 0.331 e. The van der Waals surface area contributed by atoms with Crippen LogP contribution >= 0.6 is 0 Å². The fourth-order valence-electron chi connectivity index (χ4n) is 2.87. The Hall–Kier alpha value is -2.60. The standard InChI is InChI=1S/C20H20N2O/c1-15(18-11-12-18)22(14-17-5-3-2-4-6-17)20(23)19-9-7-16(13-21)8-10-19/h2-10,15,18H,11-12,14H2,1H3. The van der Waals surface area contributed by atoms with E-state index in [0.29, 0.717) is 23.6 Å². The molecule has 0 aromatic heterocycles. The van der Waals surface area contributed by atoms with Gasteiger partial charge in [0.2, 0.25) is 0 Å². The average molecular weight is 304 g/mol. The molecular formula is C20H20N2O. The first-order chi connectivity index (χ1) is 11.2. The first-order valence-electron chi connectivity index (χ1n) is 8.04. The zero-order valence-electron chi connectivity index (χ0n) is 13.3. The molecule has 1 atom stereocenters. The second-order valence-electron chi connectivity index (χ2n) is 6.19. The Morgan fingerprint density at radius 1 is 1.17 bits per heavy atom. The highest BCUT2D eigenvalue weighted by molar-refractivity contribution is 5.94. The molecule has 23 heavy (non-hydrogen) atoms. The minimum atomic E-state index is 0.0396. The third-order valence-electron chi connectivity index (χ3n) is 4.51. The summed E-state index contributed by atoms with van der Waals surface area (Å²) in [7, 11) is 0. The summed E-state index contributed by atoms with van der Waals surface area (Å²) in [5, 5.41) is 8.90. The summed E-state index contributed by atoms with van der Waals surface area (Å²) < 4.78 is 0. The number of carbonyl (C=O) groups is 1. The predicted octanol–water partition coefficient (Wildman–Crippen LogP) is 4.00. The van der Waals surface area contributed by atoms with E-state index in [2.05, 4.69) is 25.1 Å². The smallest absolute Gasteiger partial charge is 0.254 e. The van der Waals surface area contributed by atoms with E-state index in [4.69, 9.17) is 5.26 Å². The third kappa shape index (κ3) is 3.60. The van der Waals surface area contributed by atoms with E-state index in [1.54, 1.807) is 24.3 Å². The lowest BCUT2D eigenvalue weighted by Gasteiger charge is -2.30. The van der Waals surface area contributed by atoms with E-state index in [9.17, 15) is 4.79 Å². The molecule has 1 amide bonds. The Kier molecular flexibility index (Phi) is 4.43. The number of carbonyl (C=O) groups excluding carboxylic acids is 1. The van der Waals surface area contributed by atoms with Gasteiger partial charge in [-0.1, -0.05) is 30.3 Å². The summed E-state index contributed by atoms with van der Waals surface area (Å²) in [5.74, 6) is 0.652. The van der Waals surface area contributed by atoms with Gasteiger partial charge in [0.1, 0.15) is 0 Å². The Morgan fingerprint density at radius 2 is 1.83 bits per heavy atom. The van der Waals surface area contributed by atoms with Crippen molar-refractivity contribution in [2.24, 2.45) is 5.92 Å². The molecule has 0 N–H and O–H groups in total. The minimum absolute atomic E-state index is 0.0396. The molecule has 1 aliphatic carbocycles. The maximum absolute atomic E-state index is 13.0. The second kappa shape index (κ2) is 6.66. The van der Waals surface area contributed by atoms with Crippen LogP contribution in [0.5, 0.6) is 0 Å². The monoisotopic (exact) mass is 304 g/mol. The molecule has 3 nitrogen and oxygen atoms in total. The molecule has 2 aromatic carbocycles. The van der Waals surface area contributed by atoms with Crippen molar-refractivity contribution in [3.05, 3.63) is 71.3 Å². The zero-order chi connectivity index (χ0) is 16.2. The van der Waals surface area contributed by atoms with Gasteiger partial charge in [0.15, 0.2) is 0 Å². The van der Waals surface area contributed by atoms with E-state index in [0.717, 1.165) is 5.56 Å². The third-order valence-corrected chi connectivity index (χ3v) is 4.51. The molecule has 0 bridgehead atoms. The van der Waals surface area contributed by atoms with Crippen LogP contribution in [0.3, 0.4) is 0 Å². The van der Waals surface area contributed by atoms with Gasteiger partial charge in [0.05, 0.1) is 11.6 Å². The van der Waals surface area contributed by atoms with Crippen LogP contribution < -0.4 is 0 Å². The summed E-state index contributed by atoms with van der Waals surface area (Å²) in [5.41, 5.74) is 2.36. The number of hydrogen-bond acceptors (Lipinski definition) is 2. The molecule has 3 heteroatoms. The number of nitrogens with zero attached hydrogens (tertiary/aromatic N) is 2. The van der Waals surface area contributed by atoms with Gasteiger partial charge in [-0.05, 0) is 55.5 Å². The summed E-state index contributed by atoms with van der Waals surface area (Å²) in [6.45, 7) is 2.76. The number of amides is 1. The molecule has 1 fully saturated rings. The van der Waals surface area contributed by atoms with Crippen molar-refractivity contribution < 1.29 is 4.79 Å². The van der Waals surface area contributed by atoms with Crippen LogP contribution in [-0.4, -0.2) is 16.8 Å². The maximum Gasteiger partial charge on any atom is 0.254 e. The Morgan fingerprint density at radius 3 is 2.39 bits per heavy atom. The van der Waals surface area contributed by atoms with Crippen LogP contribution in [0.4, 0.5) is 0 Å². The first kappa shape index (κ1) is 15.3. The van der Waals surface area contributed by atoms with Gasteiger partial charge in [-0.15, -0.1) is 0 Å². The summed E-state index contributed by atoms with van der Waals surface area (Å²) >= 11 is 0. The van der Waals surface area contributed by atoms with Gasteiger partial charge in [-0.2, -0.15) is 5.26 Å². The fourth-order valence-corrected chi connectivity index (χ4v) is 2.87. The molecule has 1 saturated carbocycles. The molecule has 0 heterocycles. The van der Waals surface area contributed by atoms with Crippen LogP contribution in [0.2, 0.25) is 0 Å². The molecule has 1 aliphatic rings. The topological polar surface area (TPSA) is 44.1 Å². The lowest BCUT2D eigenvalue weighted by Crippen LogP contribution is -2.39. The summed E-state index contributed by atoms with van der Waals surface area (Å²) in [4.78, 5) is 14.9. The van der Waals surface area contributed by atoms with Crippen molar-refractivity contribution in [3.63, 3.8) is 0 Å². The number of rotatable bonds is 5. The van der Waals surface area contributed by atoms with Crippen LogP contribution in [0.1, 0.15) is 41.3 Å². The highest BCUT2D eigenvalue weighted by atomic mass is 16.2. The van der Waals surface area contributed by atoms with Gasteiger partial charge in [0, 0.05) is 18.2 Å². The summed E-state index contributed by atoms with van der Waals surface area (Å²) in [6.07, 6.45) is 2.40. The quantitative estimate of drug-likeness (QED) is 0.838. The van der Waals surface area contributed by atoms with Crippen molar-refractivity contribution in [2.75, 3.05) is 0 Å². The number of hydrogen-bond donors (Lipinski definition) is 0. The zero-order valence-corrected chi connectivity index (χ0v) is 13.3. The molecule has 116 valence electrons. The van der Waals surface area contributed by atoms with Crippen LogP contribution in [-0.2, 0) is 6.54 Å². The molecular weight excluding hydrogens is 284 g/mol. The van der Waals surface area contributed by atoms with E-state index in [1.165, 1.54) is 12.8 Å². The van der Waals surface area contributed by atoms with Gasteiger partial charge in [-0.25, -0.2) is 0 Å². The van der Waals surface area contributed by atoms with Crippen molar-refractivity contribution in [1.29, 1.82) is 5.26 Å². The Balaban J connectivity index is 1.84. The van der Waals surface area contributed by atoms with Crippen LogP contribution in [0.15, 0.2) is 54.6 Å². The van der Waals surface area contributed by atoms with E-state index >= 15 is 0 Å². The van der Waals surface area contributed by atoms with Crippen molar-refractivity contribution in [2.45, 2.75) is 32.4 Å². The number of nitriles is 1. The normalized spacial score (nSPS) is 14.8. The van der Waals surface area contributed by atoms with Crippen molar-refractivity contribution in [1.82, 2.24) is 4.90 Å². The van der Waals surface area contributed by atoms with E-state index < -0.39 is 0 Å². The van der Waals surface area contributed by atoms with Gasteiger partial charge in [0.25, 0.3) is 5.91 Å². The highest BCUT2D eigenvalue weighted by Gasteiger charge is 2.34. The Bertz CT molecular complexity index is 712. The van der Waals surface area contributed by atoms with E-state index in [1.807, 2.05) is 23.1 Å².